The van der Waals surface area contributed by atoms with Crippen LogP contribution in [0.25, 0.3) is 0 Å². The van der Waals surface area contributed by atoms with Crippen molar-refractivity contribution in [2.45, 2.75) is 31.2 Å². The highest BCUT2D eigenvalue weighted by atomic mass is 32.2. The van der Waals surface area contributed by atoms with E-state index in [9.17, 15) is 9.59 Å². The van der Waals surface area contributed by atoms with Crippen molar-refractivity contribution in [3.63, 3.8) is 0 Å². The standard InChI is InChI=1S/C20H26N4O2S2/c1-14-21-16(13-27-14)12-24-10-8-15(9-11-24)19(25)22-17-6-4-5-7-18(17)28-20(26)23(2)3/h4-7,13,15H,8-12H2,1-3H3,(H,22,25). The van der Waals surface area contributed by atoms with Crippen LogP contribution >= 0.6 is 23.1 Å². The summed E-state index contributed by atoms with van der Waals surface area (Å²) in [5.74, 6) is 0.0329. The Bertz CT molecular complexity index is 829. The predicted octanol–water partition coefficient (Wildman–Crippen LogP) is 4.08. The Kier molecular flexibility index (Phi) is 7.09. The molecule has 1 aromatic heterocycles. The summed E-state index contributed by atoms with van der Waals surface area (Å²) in [6.07, 6.45) is 1.67. The summed E-state index contributed by atoms with van der Waals surface area (Å²) in [6.45, 7) is 4.66. The van der Waals surface area contributed by atoms with Crippen LogP contribution in [0.2, 0.25) is 0 Å². The van der Waals surface area contributed by atoms with Gasteiger partial charge in [0.1, 0.15) is 0 Å². The molecule has 2 amide bonds. The van der Waals surface area contributed by atoms with E-state index >= 15 is 0 Å². The molecule has 0 bridgehead atoms. The molecule has 1 aromatic carbocycles. The first-order chi connectivity index (χ1) is 13.4. The molecule has 0 spiro atoms. The number of amides is 2. The van der Waals surface area contributed by atoms with Crippen LogP contribution in [0.5, 0.6) is 0 Å². The van der Waals surface area contributed by atoms with Crippen molar-refractivity contribution in [3.8, 4) is 0 Å². The van der Waals surface area contributed by atoms with E-state index in [0.29, 0.717) is 5.69 Å². The molecule has 3 rings (SSSR count). The fourth-order valence-corrected chi connectivity index (χ4v) is 4.49. The van der Waals surface area contributed by atoms with Crippen LogP contribution in [0.1, 0.15) is 23.5 Å². The zero-order valence-corrected chi connectivity index (χ0v) is 18.1. The maximum absolute atomic E-state index is 12.8. The molecule has 0 atom stereocenters. The number of anilines is 1. The molecular formula is C20H26N4O2S2. The third-order valence-electron chi connectivity index (χ3n) is 4.72. The van der Waals surface area contributed by atoms with Gasteiger partial charge in [0.25, 0.3) is 5.24 Å². The van der Waals surface area contributed by atoms with Crippen molar-refractivity contribution in [1.29, 1.82) is 0 Å². The average molecular weight is 419 g/mol. The highest BCUT2D eigenvalue weighted by Gasteiger charge is 2.26. The Morgan fingerprint density at radius 1 is 1.29 bits per heavy atom. The van der Waals surface area contributed by atoms with Crippen LogP contribution in [0.15, 0.2) is 34.5 Å². The van der Waals surface area contributed by atoms with Gasteiger partial charge in [-0.25, -0.2) is 4.98 Å². The molecule has 0 radical (unpaired) electrons. The highest BCUT2D eigenvalue weighted by molar-refractivity contribution is 8.13. The zero-order chi connectivity index (χ0) is 20.1. The number of aromatic nitrogens is 1. The van der Waals surface area contributed by atoms with E-state index in [1.165, 1.54) is 4.90 Å². The molecule has 28 heavy (non-hydrogen) atoms. The Hall–Kier alpha value is -1.90. The Balaban J connectivity index is 1.54. The molecule has 0 saturated carbocycles. The third kappa shape index (κ3) is 5.56. The third-order valence-corrected chi connectivity index (χ3v) is 6.66. The van der Waals surface area contributed by atoms with Gasteiger partial charge in [0.2, 0.25) is 5.91 Å². The van der Waals surface area contributed by atoms with Gasteiger partial charge in [-0.2, -0.15) is 0 Å². The van der Waals surface area contributed by atoms with Crippen molar-refractivity contribution in [1.82, 2.24) is 14.8 Å². The van der Waals surface area contributed by atoms with Crippen LogP contribution in [0.3, 0.4) is 0 Å². The second-order valence-electron chi connectivity index (χ2n) is 7.16. The summed E-state index contributed by atoms with van der Waals surface area (Å²) < 4.78 is 0. The summed E-state index contributed by atoms with van der Waals surface area (Å²) in [6, 6.07) is 7.46. The van der Waals surface area contributed by atoms with E-state index in [-0.39, 0.29) is 17.1 Å². The molecule has 8 heteroatoms. The van der Waals surface area contributed by atoms with E-state index in [1.54, 1.807) is 25.4 Å². The number of carbonyl (C=O) groups excluding carboxylic acids is 2. The normalized spacial score (nSPS) is 15.4. The smallest absolute Gasteiger partial charge is 0.286 e. The quantitative estimate of drug-likeness (QED) is 0.742. The topological polar surface area (TPSA) is 65.5 Å². The molecular weight excluding hydrogens is 392 g/mol. The van der Waals surface area contributed by atoms with Crippen molar-refractivity contribution in [2.24, 2.45) is 5.92 Å². The molecule has 1 fully saturated rings. The summed E-state index contributed by atoms with van der Waals surface area (Å²) in [4.78, 5) is 34.0. The first-order valence-electron chi connectivity index (χ1n) is 9.35. The average Bonchev–Trinajstić information content (AvgIpc) is 3.08. The lowest BCUT2D eigenvalue weighted by atomic mass is 9.95. The Morgan fingerprint density at radius 3 is 2.64 bits per heavy atom. The number of piperidine rings is 1. The van der Waals surface area contributed by atoms with Gasteiger partial charge in [-0.3, -0.25) is 14.5 Å². The number of benzene rings is 1. The summed E-state index contributed by atoms with van der Waals surface area (Å²) in [5, 5.41) is 6.17. The lowest BCUT2D eigenvalue weighted by Crippen LogP contribution is -2.37. The van der Waals surface area contributed by atoms with Crippen LogP contribution in [0.4, 0.5) is 10.5 Å². The Labute approximate surface area is 174 Å². The Morgan fingerprint density at radius 2 is 2.00 bits per heavy atom. The van der Waals surface area contributed by atoms with Gasteiger partial charge in [-0.05, 0) is 56.7 Å². The number of rotatable bonds is 5. The van der Waals surface area contributed by atoms with Crippen LogP contribution in [-0.2, 0) is 11.3 Å². The van der Waals surface area contributed by atoms with Gasteiger partial charge in [-0.1, -0.05) is 12.1 Å². The lowest BCUT2D eigenvalue weighted by molar-refractivity contribution is -0.121. The molecule has 2 aromatic rings. The second-order valence-corrected chi connectivity index (χ2v) is 9.21. The van der Waals surface area contributed by atoms with Gasteiger partial charge >= 0.3 is 0 Å². The zero-order valence-electron chi connectivity index (χ0n) is 16.5. The van der Waals surface area contributed by atoms with E-state index in [4.69, 9.17) is 0 Å². The van der Waals surface area contributed by atoms with Gasteiger partial charge in [0.15, 0.2) is 0 Å². The number of carbonyl (C=O) groups is 2. The van der Waals surface area contributed by atoms with Crippen molar-refractivity contribution < 1.29 is 9.59 Å². The number of nitrogens with one attached hydrogen (secondary N) is 1. The van der Waals surface area contributed by atoms with Gasteiger partial charge in [-0.15, -0.1) is 11.3 Å². The summed E-state index contributed by atoms with van der Waals surface area (Å²) in [7, 11) is 3.44. The van der Waals surface area contributed by atoms with Crippen molar-refractivity contribution >= 4 is 39.9 Å². The van der Waals surface area contributed by atoms with Gasteiger partial charge in [0.05, 0.1) is 16.4 Å². The monoisotopic (exact) mass is 418 g/mol. The molecule has 150 valence electrons. The number of thiazole rings is 1. The number of likely N-dealkylation sites (tertiary alicyclic amines) is 1. The number of thioether (sulfide) groups is 1. The van der Waals surface area contributed by atoms with E-state index in [0.717, 1.165) is 59.8 Å². The van der Waals surface area contributed by atoms with Crippen molar-refractivity contribution in [2.75, 3.05) is 32.5 Å². The first kappa shape index (κ1) is 20.8. The minimum Gasteiger partial charge on any atom is -0.339 e. The lowest BCUT2D eigenvalue weighted by Gasteiger charge is -2.30. The fraction of sp³-hybridized carbons (Fsp3) is 0.450. The summed E-state index contributed by atoms with van der Waals surface area (Å²) >= 11 is 2.80. The van der Waals surface area contributed by atoms with Crippen molar-refractivity contribution in [3.05, 3.63) is 40.3 Å². The molecule has 1 aliphatic heterocycles. The van der Waals surface area contributed by atoms with Crippen LogP contribution in [-0.4, -0.2) is 53.1 Å². The van der Waals surface area contributed by atoms with Gasteiger partial charge in [0, 0.05) is 36.8 Å². The second kappa shape index (κ2) is 9.54. The minimum absolute atomic E-state index is 0.00368. The van der Waals surface area contributed by atoms with E-state index in [1.807, 2.05) is 31.2 Å². The number of nitrogens with zero attached hydrogens (tertiary/aromatic N) is 3. The largest absolute Gasteiger partial charge is 0.339 e. The van der Waals surface area contributed by atoms with E-state index in [2.05, 4.69) is 20.6 Å². The first-order valence-corrected chi connectivity index (χ1v) is 11.0. The highest BCUT2D eigenvalue weighted by Crippen LogP contribution is 2.30. The predicted molar refractivity (Wildman–Crippen MR) is 115 cm³/mol. The number of hydrogen-bond donors (Lipinski definition) is 1. The molecule has 0 unspecified atom stereocenters. The maximum Gasteiger partial charge on any atom is 0.286 e. The molecule has 1 aliphatic rings. The number of hydrogen-bond acceptors (Lipinski definition) is 6. The molecule has 2 heterocycles. The van der Waals surface area contributed by atoms with Crippen LogP contribution < -0.4 is 5.32 Å². The van der Waals surface area contributed by atoms with E-state index < -0.39 is 0 Å². The minimum atomic E-state index is -0.0627. The molecule has 6 nitrogen and oxygen atoms in total. The maximum atomic E-state index is 12.8. The van der Waals surface area contributed by atoms with Crippen LogP contribution in [0, 0.1) is 12.8 Å². The summed E-state index contributed by atoms with van der Waals surface area (Å²) in [5.41, 5.74) is 1.81. The SMILES string of the molecule is Cc1nc(CN2CCC(C(=O)Nc3ccccc3SC(=O)N(C)C)CC2)cs1. The number of aryl methyl sites for hydroxylation is 1. The molecule has 1 saturated heterocycles. The van der Waals surface area contributed by atoms with Gasteiger partial charge < -0.3 is 10.2 Å². The fourth-order valence-electron chi connectivity index (χ4n) is 3.14. The molecule has 0 aliphatic carbocycles. The number of para-hydroxylation sites is 1. The molecule has 1 N–H and O–H groups in total.